The Bertz CT molecular complexity index is 730. The van der Waals surface area contributed by atoms with Crippen LogP contribution in [0.4, 0.5) is 5.69 Å². The van der Waals surface area contributed by atoms with Crippen LogP contribution < -0.4 is 9.47 Å². The number of carbonyl (C=O) groups is 1. The number of hydrogen-bond acceptors (Lipinski definition) is 4. The van der Waals surface area contributed by atoms with Gasteiger partial charge in [0.2, 0.25) is 0 Å². The predicted molar refractivity (Wildman–Crippen MR) is 105 cm³/mol. The van der Waals surface area contributed by atoms with Gasteiger partial charge in [0.05, 0.1) is 31.0 Å². The van der Waals surface area contributed by atoms with Crippen molar-refractivity contribution in [2.75, 3.05) is 25.6 Å². The highest BCUT2D eigenvalue weighted by molar-refractivity contribution is 9.09. The van der Waals surface area contributed by atoms with Crippen molar-refractivity contribution in [3.05, 3.63) is 17.7 Å². The number of fused-ring (bicyclic) bond motifs is 2. The minimum atomic E-state index is 0.0634. The third-order valence-electron chi connectivity index (χ3n) is 5.70. The molecule has 140 valence electrons. The fourth-order valence-corrected chi connectivity index (χ4v) is 4.36. The second-order valence-corrected chi connectivity index (χ2v) is 8.39. The van der Waals surface area contributed by atoms with E-state index in [1.165, 1.54) is 12.8 Å². The maximum absolute atomic E-state index is 13.1. The van der Waals surface area contributed by atoms with E-state index in [0.717, 1.165) is 37.6 Å². The Hall–Kier alpha value is -1.56. The smallest absolute Gasteiger partial charge is 0.256 e. The Kier molecular flexibility index (Phi) is 4.95. The van der Waals surface area contributed by atoms with Crippen molar-refractivity contribution in [3.8, 4) is 11.5 Å². The van der Waals surface area contributed by atoms with E-state index in [1.807, 2.05) is 17.2 Å². The van der Waals surface area contributed by atoms with Crippen LogP contribution in [0.1, 0.15) is 48.9 Å². The standard InChI is InChI=1S/C20H25BrN2O3/c1-25-17-9-15-16(10-18(17)26-8-4-2-3-7-21)22-12-14-11-20(5-6-20)13-23(14)19(15)24/h9-10,12,14H,2-8,11,13H2,1H3/t14-/m0/s1. The normalized spacial score (nSPS) is 22.2. The average molecular weight is 421 g/mol. The highest BCUT2D eigenvalue weighted by Gasteiger charge is 2.53. The number of benzene rings is 1. The first-order valence-electron chi connectivity index (χ1n) is 9.42. The van der Waals surface area contributed by atoms with E-state index in [1.54, 1.807) is 13.2 Å². The van der Waals surface area contributed by atoms with Crippen LogP contribution in [0.5, 0.6) is 11.5 Å². The number of nitrogens with zero attached hydrogens (tertiary/aromatic N) is 2. The molecule has 0 bridgehead atoms. The van der Waals surface area contributed by atoms with Gasteiger partial charge in [-0.25, -0.2) is 0 Å². The summed E-state index contributed by atoms with van der Waals surface area (Å²) in [5, 5.41) is 1.02. The van der Waals surface area contributed by atoms with Crippen LogP contribution in [0.3, 0.4) is 0 Å². The lowest BCUT2D eigenvalue weighted by Gasteiger charge is -2.20. The number of halogens is 1. The molecular formula is C20H25BrN2O3. The fourth-order valence-electron chi connectivity index (χ4n) is 3.97. The molecule has 1 aliphatic carbocycles. The van der Waals surface area contributed by atoms with Crippen LogP contribution in [-0.4, -0.2) is 48.7 Å². The Balaban J connectivity index is 1.55. The van der Waals surface area contributed by atoms with Crippen LogP contribution in [0, 0.1) is 5.41 Å². The predicted octanol–water partition coefficient (Wildman–Crippen LogP) is 4.35. The van der Waals surface area contributed by atoms with Gasteiger partial charge in [0.1, 0.15) is 0 Å². The van der Waals surface area contributed by atoms with Gasteiger partial charge in [-0.3, -0.25) is 9.79 Å². The van der Waals surface area contributed by atoms with E-state index < -0.39 is 0 Å². The summed E-state index contributed by atoms with van der Waals surface area (Å²) in [6, 6.07) is 3.77. The van der Waals surface area contributed by atoms with Crippen molar-refractivity contribution >= 4 is 33.7 Å². The second-order valence-electron chi connectivity index (χ2n) is 7.60. The number of aliphatic imine (C=N–C) groups is 1. The van der Waals surface area contributed by atoms with Crippen LogP contribution in [0.25, 0.3) is 0 Å². The number of carbonyl (C=O) groups excluding carboxylic acids is 1. The van der Waals surface area contributed by atoms with E-state index >= 15 is 0 Å². The average Bonchev–Trinajstić information content (AvgIpc) is 3.32. The molecule has 4 rings (SSSR count). The summed E-state index contributed by atoms with van der Waals surface area (Å²) in [4.78, 5) is 19.7. The molecule has 2 heterocycles. The first kappa shape index (κ1) is 17.8. The molecule has 5 nitrogen and oxygen atoms in total. The van der Waals surface area contributed by atoms with Crippen molar-refractivity contribution in [2.24, 2.45) is 10.4 Å². The van der Waals surface area contributed by atoms with Crippen LogP contribution >= 0.6 is 15.9 Å². The topological polar surface area (TPSA) is 51.1 Å². The van der Waals surface area contributed by atoms with Crippen molar-refractivity contribution in [2.45, 2.75) is 44.6 Å². The number of methoxy groups -OCH3 is 1. The van der Waals surface area contributed by atoms with Gasteiger partial charge in [0, 0.05) is 24.2 Å². The van der Waals surface area contributed by atoms with E-state index in [0.29, 0.717) is 34.8 Å². The molecule has 0 N–H and O–H groups in total. The molecule has 3 aliphatic rings. The van der Waals surface area contributed by atoms with Gasteiger partial charge < -0.3 is 14.4 Å². The van der Waals surface area contributed by atoms with Gasteiger partial charge in [-0.05, 0) is 50.0 Å². The second kappa shape index (κ2) is 7.22. The molecule has 2 fully saturated rings. The summed E-state index contributed by atoms with van der Waals surface area (Å²) in [5.74, 6) is 1.33. The molecule has 2 aliphatic heterocycles. The summed E-state index contributed by atoms with van der Waals surface area (Å²) < 4.78 is 11.4. The van der Waals surface area contributed by atoms with Crippen LogP contribution in [0.15, 0.2) is 17.1 Å². The molecule has 0 unspecified atom stereocenters. The lowest BCUT2D eigenvalue weighted by molar-refractivity contribution is 0.0767. The Morgan fingerprint density at radius 3 is 2.85 bits per heavy atom. The first-order chi connectivity index (χ1) is 12.7. The first-order valence-corrected chi connectivity index (χ1v) is 10.5. The van der Waals surface area contributed by atoms with Gasteiger partial charge in [0.15, 0.2) is 11.5 Å². The van der Waals surface area contributed by atoms with E-state index in [9.17, 15) is 4.79 Å². The molecule has 1 spiro atoms. The molecule has 1 atom stereocenters. The number of amides is 1. The monoisotopic (exact) mass is 420 g/mol. The quantitative estimate of drug-likeness (QED) is 0.486. The third kappa shape index (κ3) is 3.36. The molecule has 1 saturated carbocycles. The van der Waals surface area contributed by atoms with Crippen LogP contribution in [0.2, 0.25) is 0 Å². The molecule has 0 aromatic heterocycles. The number of rotatable bonds is 7. The van der Waals surface area contributed by atoms with E-state index in [2.05, 4.69) is 20.9 Å². The lowest BCUT2D eigenvalue weighted by atomic mass is 10.0. The molecule has 1 aromatic carbocycles. The van der Waals surface area contributed by atoms with Gasteiger partial charge in [-0.15, -0.1) is 0 Å². The Labute approximate surface area is 162 Å². The van der Waals surface area contributed by atoms with Crippen molar-refractivity contribution in [1.29, 1.82) is 0 Å². The van der Waals surface area contributed by atoms with Crippen molar-refractivity contribution in [3.63, 3.8) is 0 Å². The number of alkyl halides is 1. The summed E-state index contributed by atoms with van der Waals surface area (Å²) in [7, 11) is 1.61. The highest BCUT2D eigenvalue weighted by Crippen LogP contribution is 2.55. The Morgan fingerprint density at radius 2 is 2.12 bits per heavy atom. The third-order valence-corrected chi connectivity index (χ3v) is 6.26. The lowest BCUT2D eigenvalue weighted by Crippen LogP contribution is -2.35. The fraction of sp³-hybridized carbons (Fsp3) is 0.600. The Morgan fingerprint density at radius 1 is 1.27 bits per heavy atom. The summed E-state index contributed by atoms with van der Waals surface area (Å²) >= 11 is 3.44. The van der Waals surface area contributed by atoms with Gasteiger partial charge >= 0.3 is 0 Å². The highest BCUT2D eigenvalue weighted by atomic mass is 79.9. The summed E-state index contributed by atoms with van der Waals surface area (Å²) in [6.07, 6.45) is 8.72. The van der Waals surface area contributed by atoms with Crippen LogP contribution in [-0.2, 0) is 0 Å². The van der Waals surface area contributed by atoms with Gasteiger partial charge in [-0.1, -0.05) is 15.9 Å². The van der Waals surface area contributed by atoms with Gasteiger partial charge in [0.25, 0.3) is 5.91 Å². The zero-order chi connectivity index (χ0) is 18.1. The number of unbranched alkanes of at least 4 members (excludes halogenated alkanes) is 2. The van der Waals surface area contributed by atoms with Crippen molar-refractivity contribution in [1.82, 2.24) is 4.90 Å². The molecule has 1 saturated heterocycles. The molecule has 0 radical (unpaired) electrons. The molecular weight excluding hydrogens is 396 g/mol. The largest absolute Gasteiger partial charge is 0.493 e. The SMILES string of the molecule is COc1cc2c(cc1OCCCCCBr)N=C[C@@H]1CC3(CC3)CN1C2=O. The van der Waals surface area contributed by atoms with Crippen molar-refractivity contribution < 1.29 is 14.3 Å². The molecule has 6 heteroatoms. The molecule has 1 amide bonds. The summed E-state index contributed by atoms with van der Waals surface area (Å²) in [5.41, 5.74) is 1.67. The van der Waals surface area contributed by atoms with E-state index in [-0.39, 0.29) is 11.9 Å². The minimum Gasteiger partial charge on any atom is -0.493 e. The maximum Gasteiger partial charge on any atom is 0.256 e. The zero-order valence-electron chi connectivity index (χ0n) is 15.2. The zero-order valence-corrected chi connectivity index (χ0v) is 16.8. The van der Waals surface area contributed by atoms with E-state index in [4.69, 9.17) is 9.47 Å². The minimum absolute atomic E-state index is 0.0634. The number of ether oxygens (including phenoxy) is 2. The number of hydrogen-bond donors (Lipinski definition) is 0. The molecule has 26 heavy (non-hydrogen) atoms. The maximum atomic E-state index is 13.1. The molecule has 1 aromatic rings. The summed E-state index contributed by atoms with van der Waals surface area (Å²) in [6.45, 7) is 1.49. The van der Waals surface area contributed by atoms with Gasteiger partial charge in [-0.2, -0.15) is 0 Å².